The summed E-state index contributed by atoms with van der Waals surface area (Å²) in [7, 11) is 3.00. The van der Waals surface area contributed by atoms with E-state index in [1.807, 2.05) is 6.08 Å². The largest absolute Gasteiger partial charge is 0.504 e. The number of phenols is 2. The van der Waals surface area contributed by atoms with Crippen molar-refractivity contribution < 1.29 is 24.5 Å². The number of rotatable bonds is 4. The number of phenolic OH excluding ortho intramolecular Hbond substituents is 2. The first-order chi connectivity index (χ1) is 14.0. The number of allylic oxidation sites excluding steroid dienone is 1. The van der Waals surface area contributed by atoms with Crippen LogP contribution in [0.15, 0.2) is 53.2 Å². The molecular formula is C22H22N2O5. The molecule has 4 rings (SSSR count). The van der Waals surface area contributed by atoms with E-state index in [0.29, 0.717) is 11.5 Å². The maximum Gasteiger partial charge on any atom is 0.319 e. The van der Waals surface area contributed by atoms with Crippen LogP contribution in [0.1, 0.15) is 30.0 Å². The number of benzene rings is 2. The van der Waals surface area contributed by atoms with Crippen LogP contribution in [0.5, 0.6) is 23.0 Å². The molecule has 0 fully saturated rings. The molecule has 1 aliphatic heterocycles. The van der Waals surface area contributed by atoms with Gasteiger partial charge in [0.25, 0.3) is 0 Å². The fraction of sp³-hybridized carbons (Fsp3) is 0.227. The quantitative estimate of drug-likeness (QED) is 0.635. The van der Waals surface area contributed by atoms with Crippen molar-refractivity contribution in [1.82, 2.24) is 10.6 Å². The lowest BCUT2D eigenvalue weighted by molar-refractivity contribution is 0.239. The first-order valence-corrected chi connectivity index (χ1v) is 9.25. The second-order valence-corrected chi connectivity index (χ2v) is 6.96. The minimum Gasteiger partial charge on any atom is -0.504 e. The Morgan fingerprint density at radius 3 is 2.41 bits per heavy atom. The van der Waals surface area contributed by atoms with E-state index in [4.69, 9.17) is 9.47 Å². The van der Waals surface area contributed by atoms with E-state index < -0.39 is 0 Å². The van der Waals surface area contributed by atoms with Gasteiger partial charge in [-0.1, -0.05) is 12.1 Å². The number of methoxy groups -OCH3 is 2. The van der Waals surface area contributed by atoms with Crippen molar-refractivity contribution in [2.45, 2.75) is 18.9 Å². The number of hydrogen-bond donors (Lipinski definition) is 4. The summed E-state index contributed by atoms with van der Waals surface area (Å²) >= 11 is 0. The zero-order chi connectivity index (χ0) is 20.5. The monoisotopic (exact) mass is 394 g/mol. The molecule has 1 atom stereocenters. The van der Waals surface area contributed by atoms with E-state index in [1.54, 1.807) is 36.4 Å². The number of carbonyl (C=O) groups excluding carboxylic acids is 1. The van der Waals surface area contributed by atoms with Crippen LogP contribution in [0.3, 0.4) is 0 Å². The third-order valence-corrected chi connectivity index (χ3v) is 5.25. The van der Waals surface area contributed by atoms with Gasteiger partial charge in [0.15, 0.2) is 23.0 Å². The van der Waals surface area contributed by atoms with Gasteiger partial charge in [-0.25, -0.2) is 4.79 Å². The van der Waals surface area contributed by atoms with Crippen molar-refractivity contribution in [3.8, 4) is 23.0 Å². The van der Waals surface area contributed by atoms with Gasteiger partial charge in [0, 0.05) is 5.70 Å². The van der Waals surface area contributed by atoms with Crippen LogP contribution in [0.4, 0.5) is 4.79 Å². The molecule has 0 radical (unpaired) electrons. The maximum absolute atomic E-state index is 12.3. The SMILES string of the molecule is COc1cc(C=C2CCC3=C2NC(=O)NC3c2ccc(O)c(OC)c2)ccc1O. The fourth-order valence-corrected chi connectivity index (χ4v) is 3.83. The normalized spacial score (nSPS) is 19.6. The molecule has 1 heterocycles. The molecule has 0 aromatic heterocycles. The lowest BCUT2D eigenvalue weighted by Crippen LogP contribution is -2.43. The smallest absolute Gasteiger partial charge is 0.319 e. The van der Waals surface area contributed by atoms with Crippen LogP contribution in [-0.4, -0.2) is 30.5 Å². The number of ether oxygens (including phenoxy) is 2. The Morgan fingerprint density at radius 1 is 1.00 bits per heavy atom. The predicted molar refractivity (Wildman–Crippen MR) is 108 cm³/mol. The minimum atomic E-state index is -0.298. The number of urea groups is 1. The third-order valence-electron chi connectivity index (χ3n) is 5.25. The zero-order valence-corrected chi connectivity index (χ0v) is 16.2. The highest BCUT2D eigenvalue weighted by atomic mass is 16.5. The molecule has 4 N–H and O–H groups in total. The summed E-state index contributed by atoms with van der Waals surface area (Å²) in [6.07, 6.45) is 3.56. The van der Waals surface area contributed by atoms with Crippen molar-refractivity contribution in [1.29, 1.82) is 0 Å². The Kier molecular flexibility index (Phi) is 4.80. The summed E-state index contributed by atoms with van der Waals surface area (Å²) in [5.74, 6) is 0.897. The second-order valence-electron chi connectivity index (χ2n) is 6.96. The van der Waals surface area contributed by atoms with E-state index in [0.717, 1.165) is 40.8 Å². The summed E-state index contributed by atoms with van der Waals surface area (Å²) in [5, 5.41) is 25.5. The van der Waals surface area contributed by atoms with Gasteiger partial charge in [-0.2, -0.15) is 0 Å². The summed E-state index contributed by atoms with van der Waals surface area (Å²) in [6.45, 7) is 0. The molecule has 2 amide bonds. The van der Waals surface area contributed by atoms with Crippen LogP contribution in [0, 0.1) is 0 Å². The molecule has 7 nitrogen and oxygen atoms in total. The first-order valence-electron chi connectivity index (χ1n) is 9.25. The van der Waals surface area contributed by atoms with Crippen LogP contribution < -0.4 is 20.1 Å². The van der Waals surface area contributed by atoms with Gasteiger partial charge >= 0.3 is 6.03 Å². The molecular weight excluding hydrogens is 372 g/mol. The summed E-state index contributed by atoms with van der Waals surface area (Å²) < 4.78 is 10.4. The Balaban J connectivity index is 1.72. The van der Waals surface area contributed by atoms with E-state index in [9.17, 15) is 15.0 Å². The van der Waals surface area contributed by atoms with Gasteiger partial charge < -0.3 is 30.3 Å². The average Bonchev–Trinajstić information content (AvgIpc) is 3.11. The Labute approximate surface area is 168 Å². The van der Waals surface area contributed by atoms with Crippen LogP contribution >= 0.6 is 0 Å². The van der Waals surface area contributed by atoms with Crippen molar-refractivity contribution in [2.75, 3.05) is 14.2 Å². The molecule has 150 valence electrons. The zero-order valence-electron chi connectivity index (χ0n) is 16.2. The topological polar surface area (TPSA) is 100 Å². The molecule has 7 heteroatoms. The van der Waals surface area contributed by atoms with Gasteiger partial charge in [0.05, 0.1) is 20.3 Å². The molecule has 2 aromatic carbocycles. The van der Waals surface area contributed by atoms with E-state index in [2.05, 4.69) is 10.6 Å². The van der Waals surface area contributed by atoms with Gasteiger partial charge in [0.2, 0.25) is 0 Å². The second kappa shape index (κ2) is 7.43. The molecule has 0 bridgehead atoms. The molecule has 1 aliphatic carbocycles. The Hall–Kier alpha value is -3.61. The molecule has 1 unspecified atom stereocenters. The predicted octanol–water partition coefficient (Wildman–Crippen LogP) is 3.60. The van der Waals surface area contributed by atoms with Crippen LogP contribution in [0.2, 0.25) is 0 Å². The standard InChI is InChI=1S/C22H22N2O5/c1-28-18-10-12(3-7-16(18)25)9-13-4-6-15-20(13)23-22(27)24-21(15)14-5-8-17(26)19(11-14)29-2/h3,5,7-11,21,25-26H,4,6H2,1-2H3,(H2,23,24,27). The average molecular weight is 394 g/mol. The highest BCUT2D eigenvalue weighted by Gasteiger charge is 2.33. The Bertz CT molecular complexity index is 1040. The lowest BCUT2D eigenvalue weighted by Gasteiger charge is -2.27. The third kappa shape index (κ3) is 3.47. The molecule has 29 heavy (non-hydrogen) atoms. The Morgan fingerprint density at radius 2 is 1.69 bits per heavy atom. The van der Waals surface area contributed by atoms with Crippen molar-refractivity contribution >= 4 is 12.1 Å². The molecule has 0 saturated carbocycles. The number of nitrogens with one attached hydrogen (secondary N) is 2. The lowest BCUT2D eigenvalue weighted by atomic mass is 9.95. The summed E-state index contributed by atoms with van der Waals surface area (Å²) in [5.41, 5.74) is 4.62. The summed E-state index contributed by atoms with van der Waals surface area (Å²) in [6, 6.07) is 9.65. The summed E-state index contributed by atoms with van der Waals surface area (Å²) in [4.78, 5) is 12.3. The molecule has 0 saturated heterocycles. The van der Waals surface area contributed by atoms with Crippen molar-refractivity contribution in [3.05, 3.63) is 64.4 Å². The maximum atomic E-state index is 12.3. The molecule has 0 spiro atoms. The molecule has 2 aromatic rings. The highest BCUT2D eigenvalue weighted by molar-refractivity contribution is 5.82. The van der Waals surface area contributed by atoms with Gasteiger partial charge in [-0.3, -0.25) is 0 Å². The van der Waals surface area contributed by atoms with Crippen molar-refractivity contribution in [3.63, 3.8) is 0 Å². The van der Waals surface area contributed by atoms with Crippen LogP contribution in [0.25, 0.3) is 6.08 Å². The number of amides is 2. The van der Waals surface area contributed by atoms with E-state index in [-0.39, 0.29) is 23.6 Å². The van der Waals surface area contributed by atoms with E-state index in [1.165, 1.54) is 14.2 Å². The number of hydrogen-bond acceptors (Lipinski definition) is 5. The minimum absolute atomic E-state index is 0.0546. The fourth-order valence-electron chi connectivity index (χ4n) is 3.83. The van der Waals surface area contributed by atoms with Crippen molar-refractivity contribution in [2.24, 2.45) is 0 Å². The number of aromatic hydroxyl groups is 2. The van der Waals surface area contributed by atoms with Gasteiger partial charge in [-0.05, 0) is 65.5 Å². The number of carbonyl (C=O) groups is 1. The van der Waals surface area contributed by atoms with Gasteiger partial charge in [-0.15, -0.1) is 0 Å². The van der Waals surface area contributed by atoms with Gasteiger partial charge in [0.1, 0.15) is 0 Å². The van der Waals surface area contributed by atoms with Crippen LogP contribution in [-0.2, 0) is 0 Å². The highest BCUT2D eigenvalue weighted by Crippen LogP contribution is 2.42. The first kappa shape index (κ1) is 18.7. The molecule has 2 aliphatic rings. The van der Waals surface area contributed by atoms with E-state index >= 15 is 0 Å².